The largest absolute Gasteiger partial charge is 0.319 e. The fraction of sp³-hybridized carbons (Fsp3) is 0.571. The van der Waals surface area contributed by atoms with Crippen LogP contribution in [0, 0.1) is 12.3 Å². The number of amides is 1. The van der Waals surface area contributed by atoms with Gasteiger partial charge in [-0.25, -0.2) is 5.06 Å². The Morgan fingerprint density at radius 3 is 2.82 bits per heavy atom. The molecule has 0 aliphatic rings. The number of hydrogen-bond acceptors (Lipinski definition) is 3. The van der Waals surface area contributed by atoms with Crippen molar-refractivity contribution in [1.82, 2.24) is 5.06 Å². The van der Waals surface area contributed by atoms with Gasteiger partial charge in [-0.1, -0.05) is 0 Å². The second-order valence-corrected chi connectivity index (χ2v) is 2.03. The van der Waals surface area contributed by atoms with Gasteiger partial charge in [-0.3, -0.25) is 9.63 Å². The van der Waals surface area contributed by atoms with E-state index in [1.807, 2.05) is 0 Å². The monoisotopic (exact) mass is 156 g/mol. The molecule has 0 heterocycles. The van der Waals surface area contributed by atoms with Gasteiger partial charge in [0.05, 0.1) is 13.2 Å². The van der Waals surface area contributed by atoms with E-state index in [2.05, 4.69) is 10.8 Å². The first-order valence-corrected chi connectivity index (χ1v) is 3.14. The summed E-state index contributed by atoms with van der Waals surface area (Å²) in [5.41, 5.74) is 5.39. The maximum atomic E-state index is 11.0. The number of nitrogens with zero attached hydrogens (tertiary/aromatic N) is 1. The molecule has 0 saturated heterocycles. The normalized spacial score (nSPS) is 11.8. The molecule has 11 heavy (non-hydrogen) atoms. The lowest BCUT2D eigenvalue weighted by Gasteiger charge is -2.16. The van der Waals surface area contributed by atoms with Crippen LogP contribution >= 0.6 is 0 Å². The predicted molar refractivity (Wildman–Crippen MR) is 41.2 cm³/mol. The summed E-state index contributed by atoms with van der Waals surface area (Å²) in [4.78, 5) is 15.7. The third-order valence-electron chi connectivity index (χ3n) is 1.24. The second kappa shape index (κ2) is 4.72. The molecule has 2 N–H and O–H groups in total. The quantitative estimate of drug-likeness (QED) is 0.436. The lowest BCUT2D eigenvalue weighted by Crippen LogP contribution is -2.40. The molecule has 0 aromatic carbocycles. The van der Waals surface area contributed by atoms with Crippen molar-refractivity contribution < 1.29 is 9.63 Å². The zero-order valence-electron chi connectivity index (χ0n) is 6.70. The number of rotatable bonds is 3. The lowest BCUT2D eigenvalue weighted by atomic mass is 10.2. The van der Waals surface area contributed by atoms with E-state index in [0.29, 0.717) is 0 Å². The highest BCUT2D eigenvalue weighted by Crippen LogP contribution is 1.92. The van der Waals surface area contributed by atoms with Gasteiger partial charge in [0.1, 0.15) is 0 Å². The topological polar surface area (TPSA) is 55.6 Å². The summed E-state index contributed by atoms with van der Waals surface area (Å²) in [6, 6.07) is -0.662. The van der Waals surface area contributed by atoms with Crippen LogP contribution in [0.3, 0.4) is 0 Å². The summed E-state index contributed by atoms with van der Waals surface area (Å²) >= 11 is 0. The van der Waals surface area contributed by atoms with Crippen LogP contribution in [0.1, 0.15) is 6.42 Å². The van der Waals surface area contributed by atoms with Crippen molar-refractivity contribution in [3.05, 3.63) is 0 Å². The fourth-order valence-electron chi connectivity index (χ4n) is 0.538. The molecule has 62 valence electrons. The van der Waals surface area contributed by atoms with Crippen LogP contribution in [-0.4, -0.2) is 31.2 Å². The molecular formula is C7H12N2O2. The number of carbonyl (C=O) groups is 1. The number of terminal acetylenes is 1. The maximum Gasteiger partial charge on any atom is 0.263 e. The standard InChI is InChI=1S/C7H12N2O2/c1-4-5-6(8)7(10)9(2)11-3/h1,6H,5,8H2,2-3H3. The molecule has 0 aromatic heterocycles. The van der Waals surface area contributed by atoms with Gasteiger partial charge in [-0.2, -0.15) is 0 Å². The van der Waals surface area contributed by atoms with Crippen LogP contribution < -0.4 is 5.73 Å². The van der Waals surface area contributed by atoms with Crippen molar-refractivity contribution in [3.63, 3.8) is 0 Å². The van der Waals surface area contributed by atoms with E-state index in [-0.39, 0.29) is 12.3 Å². The van der Waals surface area contributed by atoms with Crippen LogP contribution in [0.25, 0.3) is 0 Å². The van der Waals surface area contributed by atoms with Crippen molar-refractivity contribution in [2.24, 2.45) is 5.73 Å². The first-order valence-electron chi connectivity index (χ1n) is 3.14. The predicted octanol–water partition coefficient (Wildman–Crippen LogP) is -0.643. The van der Waals surface area contributed by atoms with Crippen molar-refractivity contribution in [1.29, 1.82) is 0 Å². The highest BCUT2D eigenvalue weighted by atomic mass is 16.7. The Balaban J connectivity index is 3.93. The highest BCUT2D eigenvalue weighted by Gasteiger charge is 2.16. The molecule has 0 fully saturated rings. The van der Waals surface area contributed by atoms with E-state index in [9.17, 15) is 4.79 Å². The summed E-state index contributed by atoms with van der Waals surface area (Å²) in [6.45, 7) is 0. The van der Waals surface area contributed by atoms with Crippen LogP contribution in [0.5, 0.6) is 0 Å². The second-order valence-electron chi connectivity index (χ2n) is 2.03. The highest BCUT2D eigenvalue weighted by molar-refractivity contribution is 5.80. The Morgan fingerprint density at radius 1 is 1.91 bits per heavy atom. The average Bonchev–Trinajstić information content (AvgIpc) is 2.02. The summed E-state index contributed by atoms with van der Waals surface area (Å²) < 4.78 is 0. The van der Waals surface area contributed by atoms with Crippen LogP contribution in [-0.2, 0) is 9.63 Å². The Labute approximate surface area is 66.3 Å². The minimum atomic E-state index is -0.662. The number of hydrogen-bond donors (Lipinski definition) is 1. The van der Waals surface area contributed by atoms with Crippen LogP contribution in [0.2, 0.25) is 0 Å². The van der Waals surface area contributed by atoms with E-state index < -0.39 is 6.04 Å². The van der Waals surface area contributed by atoms with E-state index in [0.717, 1.165) is 5.06 Å². The number of carbonyl (C=O) groups excluding carboxylic acids is 1. The Hall–Kier alpha value is -1.05. The zero-order valence-corrected chi connectivity index (χ0v) is 6.70. The van der Waals surface area contributed by atoms with E-state index in [4.69, 9.17) is 12.2 Å². The maximum absolute atomic E-state index is 11.0. The van der Waals surface area contributed by atoms with E-state index >= 15 is 0 Å². The summed E-state index contributed by atoms with van der Waals surface area (Å²) in [5, 5.41) is 1.06. The zero-order chi connectivity index (χ0) is 8.85. The number of hydroxylamine groups is 2. The molecule has 0 rings (SSSR count). The SMILES string of the molecule is C#CCC(N)C(=O)N(C)OC. The number of nitrogens with two attached hydrogens (primary N) is 1. The first kappa shape index (κ1) is 9.95. The lowest BCUT2D eigenvalue weighted by molar-refractivity contribution is -0.170. The third-order valence-corrected chi connectivity index (χ3v) is 1.24. The molecule has 0 radical (unpaired) electrons. The number of likely N-dealkylation sites (N-methyl/N-ethyl adjacent to an activating group) is 1. The average molecular weight is 156 g/mol. The minimum absolute atomic E-state index is 0.229. The molecule has 0 aliphatic heterocycles. The molecule has 0 aromatic rings. The fourth-order valence-corrected chi connectivity index (χ4v) is 0.538. The van der Waals surface area contributed by atoms with Crippen molar-refractivity contribution in [2.45, 2.75) is 12.5 Å². The summed E-state index contributed by atoms with van der Waals surface area (Å²) in [6.07, 6.45) is 5.20. The molecule has 4 nitrogen and oxygen atoms in total. The van der Waals surface area contributed by atoms with Crippen molar-refractivity contribution in [3.8, 4) is 12.3 Å². The van der Waals surface area contributed by atoms with Crippen LogP contribution in [0.4, 0.5) is 0 Å². The first-order chi connectivity index (χ1) is 5.13. The van der Waals surface area contributed by atoms with E-state index in [1.165, 1.54) is 14.2 Å². The van der Waals surface area contributed by atoms with Gasteiger partial charge >= 0.3 is 0 Å². The van der Waals surface area contributed by atoms with Gasteiger partial charge in [-0.05, 0) is 0 Å². The van der Waals surface area contributed by atoms with Gasteiger partial charge in [0.15, 0.2) is 0 Å². The smallest absolute Gasteiger partial charge is 0.263 e. The van der Waals surface area contributed by atoms with Gasteiger partial charge in [0.25, 0.3) is 5.91 Å². The Bertz CT molecular complexity index is 174. The van der Waals surface area contributed by atoms with Crippen LogP contribution in [0.15, 0.2) is 0 Å². The van der Waals surface area contributed by atoms with Crippen molar-refractivity contribution >= 4 is 5.91 Å². The van der Waals surface area contributed by atoms with Gasteiger partial charge < -0.3 is 5.73 Å². The molecule has 1 amide bonds. The Kier molecular flexibility index (Phi) is 4.27. The molecule has 0 spiro atoms. The van der Waals surface area contributed by atoms with Gasteiger partial charge in [0.2, 0.25) is 0 Å². The van der Waals surface area contributed by atoms with Crippen molar-refractivity contribution in [2.75, 3.05) is 14.2 Å². The summed E-state index contributed by atoms with van der Waals surface area (Å²) in [5.74, 6) is 1.98. The minimum Gasteiger partial charge on any atom is -0.319 e. The Morgan fingerprint density at radius 2 is 2.45 bits per heavy atom. The summed E-state index contributed by atoms with van der Waals surface area (Å²) in [7, 11) is 2.87. The molecular weight excluding hydrogens is 144 g/mol. The van der Waals surface area contributed by atoms with E-state index in [1.54, 1.807) is 0 Å². The molecule has 1 unspecified atom stereocenters. The molecule has 0 bridgehead atoms. The molecule has 0 saturated carbocycles. The van der Waals surface area contributed by atoms with Gasteiger partial charge in [-0.15, -0.1) is 12.3 Å². The van der Waals surface area contributed by atoms with Gasteiger partial charge in [0, 0.05) is 13.5 Å². The third kappa shape index (κ3) is 3.03. The molecule has 0 aliphatic carbocycles. The molecule has 4 heteroatoms. The molecule has 1 atom stereocenters.